The average Bonchev–Trinajstić information content (AvgIpc) is 2.35. The fraction of sp³-hybridized carbons (Fsp3) is 0.0833. The number of aromatic nitrogens is 2. The van der Waals surface area contributed by atoms with Gasteiger partial charge in [-0.2, -0.15) is 0 Å². The Morgan fingerprint density at radius 3 is 2.72 bits per heavy atom. The second-order valence-electron chi connectivity index (χ2n) is 3.68. The number of carbonyl (C=O) groups excluding carboxylic acids is 1. The summed E-state index contributed by atoms with van der Waals surface area (Å²) >= 11 is 3.15. The van der Waals surface area contributed by atoms with Crippen molar-refractivity contribution in [1.29, 1.82) is 0 Å². The van der Waals surface area contributed by atoms with Gasteiger partial charge in [-0.1, -0.05) is 6.07 Å². The molecule has 6 heteroatoms. The molecular formula is C12H10BrN3O2. The van der Waals surface area contributed by atoms with Crippen molar-refractivity contribution < 1.29 is 9.90 Å². The molecule has 0 spiro atoms. The van der Waals surface area contributed by atoms with Gasteiger partial charge < -0.3 is 10.4 Å². The molecule has 0 unspecified atom stereocenters. The number of rotatable bonds is 2. The third-order valence-corrected chi connectivity index (χ3v) is 2.74. The van der Waals surface area contributed by atoms with Crippen molar-refractivity contribution in [2.45, 2.75) is 6.92 Å². The van der Waals surface area contributed by atoms with Crippen LogP contribution in [0.25, 0.3) is 0 Å². The molecule has 2 N–H and O–H groups in total. The topological polar surface area (TPSA) is 75.1 Å². The first-order chi connectivity index (χ1) is 8.56. The monoisotopic (exact) mass is 307 g/mol. The minimum absolute atomic E-state index is 0.0875. The number of benzene rings is 1. The number of phenolic OH excluding ortho intramolecular Hbond substituents is 1. The zero-order chi connectivity index (χ0) is 13.1. The molecule has 0 aliphatic carbocycles. The lowest BCUT2D eigenvalue weighted by Crippen LogP contribution is -2.13. The van der Waals surface area contributed by atoms with E-state index in [0.29, 0.717) is 16.0 Å². The summed E-state index contributed by atoms with van der Waals surface area (Å²) in [5.74, 6) is 0.0923. The van der Waals surface area contributed by atoms with Gasteiger partial charge in [0.1, 0.15) is 10.4 Å². The van der Waals surface area contributed by atoms with E-state index < -0.39 is 0 Å². The summed E-state index contributed by atoms with van der Waals surface area (Å²) in [6.07, 6.45) is 2.93. The highest BCUT2D eigenvalue weighted by Gasteiger charge is 2.08. The SMILES string of the molecule is Cc1ccc(C(=O)Nc2cnc(Br)cn2)cc1O. The van der Waals surface area contributed by atoms with Gasteiger partial charge in [-0.05, 0) is 40.5 Å². The number of hydrogen-bond acceptors (Lipinski definition) is 4. The standard InChI is InChI=1S/C12H10BrN3O2/c1-7-2-3-8(4-9(7)17)12(18)16-11-6-14-10(13)5-15-11/h2-6,17H,1H3,(H,15,16,18). The molecule has 18 heavy (non-hydrogen) atoms. The van der Waals surface area contributed by atoms with Crippen molar-refractivity contribution >= 4 is 27.7 Å². The number of aromatic hydroxyl groups is 1. The lowest BCUT2D eigenvalue weighted by molar-refractivity contribution is 0.102. The fourth-order valence-electron chi connectivity index (χ4n) is 1.32. The summed E-state index contributed by atoms with van der Waals surface area (Å²) in [5.41, 5.74) is 1.08. The zero-order valence-electron chi connectivity index (χ0n) is 9.51. The molecule has 0 aliphatic heterocycles. The van der Waals surface area contributed by atoms with Crippen molar-refractivity contribution in [3.8, 4) is 5.75 Å². The van der Waals surface area contributed by atoms with Crippen LogP contribution in [0.4, 0.5) is 5.82 Å². The third-order valence-electron chi connectivity index (χ3n) is 2.33. The van der Waals surface area contributed by atoms with Crippen LogP contribution in [0.2, 0.25) is 0 Å². The van der Waals surface area contributed by atoms with Crippen LogP contribution in [0.5, 0.6) is 5.75 Å². The summed E-state index contributed by atoms with van der Waals surface area (Å²) in [6, 6.07) is 4.73. The second kappa shape index (κ2) is 5.14. The predicted octanol–water partition coefficient (Wildman–Crippen LogP) is 2.51. The van der Waals surface area contributed by atoms with Crippen molar-refractivity contribution in [2.75, 3.05) is 5.32 Å². The van der Waals surface area contributed by atoms with E-state index in [1.165, 1.54) is 18.5 Å². The molecule has 2 aromatic rings. The van der Waals surface area contributed by atoms with E-state index in [1.54, 1.807) is 19.1 Å². The smallest absolute Gasteiger partial charge is 0.256 e. The summed E-state index contributed by atoms with van der Waals surface area (Å²) < 4.78 is 0.591. The van der Waals surface area contributed by atoms with Crippen molar-refractivity contribution in [2.24, 2.45) is 0 Å². The molecule has 0 atom stereocenters. The number of anilines is 1. The van der Waals surface area contributed by atoms with E-state index in [-0.39, 0.29) is 11.7 Å². The lowest BCUT2D eigenvalue weighted by atomic mass is 10.1. The van der Waals surface area contributed by atoms with E-state index in [0.717, 1.165) is 5.56 Å². The van der Waals surface area contributed by atoms with Gasteiger partial charge in [-0.3, -0.25) is 4.79 Å². The third kappa shape index (κ3) is 2.84. The fourth-order valence-corrected chi connectivity index (χ4v) is 1.52. The highest BCUT2D eigenvalue weighted by atomic mass is 79.9. The van der Waals surface area contributed by atoms with Crippen LogP contribution >= 0.6 is 15.9 Å². The van der Waals surface area contributed by atoms with Gasteiger partial charge in [-0.25, -0.2) is 9.97 Å². The highest BCUT2D eigenvalue weighted by molar-refractivity contribution is 9.10. The van der Waals surface area contributed by atoms with Crippen LogP contribution in [0.3, 0.4) is 0 Å². The number of hydrogen-bond donors (Lipinski definition) is 2. The van der Waals surface area contributed by atoms with E-state index in [9.17, 15) is 9.90 Å². The van der Waals surface area contributed by atoms with Crippen molar-refractivity contribution in [3.63, 3.8) is 0 Å². The van der Waals surface area contributed by atoms with Gasteiger partial charge in [0, 0.05) is 5.56 Å². The first-order valence-electron chi connectivity index (χ1n) is 5.15. The quantitative estimate of drug-likeness (QED) is 0.894. The molecule has 0 saturated carbocycles. The molecule has 92 valence electrons. The number of phenols is 1. The molecule has 2 rings (SSSR count). The number of halogens is 1. The van der Waals surface area contributed by atoms with Gasteiger partial charge in [0.25, 0.3) is 5.91 Å². The van der Waals surface area contributed by atoms with Gasteiger partial charge in [0.05, 0.1) is 12.4 Å². The summed E-state index contributed by atoms with van der Waals surface area (Å²) in [7, 11) is 0. The maximum Gasteiger partial charge on any atom is 0.256 e. The Hall–Kier alpha value is -1.95. The average molecular weight is 308 g/mol. The highest BCUT2D eigenvalue weighted by Crippen LogP contribution is 2.18. The Kier molecular flexibility index (Phi) is 3.57. The number of nitrogens with one attached hydrogen (secondary N) is 1. The first kappa shape index (κ1) is 12.5. The van der Waals surface area contributed by atoms with E-state index in [4.69, 9.17) is 0 Å². The normalized spacial score (nSPS) is 10.1. The number of nitrogens with zero attached hydrogens (tertiary/aromatic N) is 2. The molecule has 0 bridgehead atoms. The van der Waals surface area contributed by atoms with Crippen LogP contribution < -0.4 is 5.32 Å². The molecule has 1 heterocycles. The Morgan fingerprint density at radius 2 is 2.11 bits per heavy atom. The maximum atomic E-state index is 11.9. The van der Waals surface area contributed by atoms with Crippen LogP contribution in [0, 0.1) is 6.92 Å². The molecule has 1 amide bonds. The molecule has 0 fully saturated rings. The summed E-state index contributed by atoms with van der Waals surface area (Å²) in [5, 5.41) is 12.1. The zero-order valence-corrected chi connectivity index (χ0v) is 11.1. The van der Waals surface area contributed by atoms with E-state index in [2.05, 4.69) is 31.2 Å². The van der Waals surface area contributed by atoms with Gasteiger partial charge in [0.15, 0.2) is 5.82 Å². The lowest BCUT2D eigenvalue weighted by Gasteiger charge is -2.05. The Morgan fingerprint density at radius 1 is 1.33 bits per heavy atom. The molecular weight excluding hydrogens is 298 g/mol. The minimum Gasteiger partial charge on any atom is -0.508 e. The van der Waals surface area contributed by atoms with Crippen LogP contribution in [-0.2, 0) is 0 Å². The van der Waals surface area contributed by atoms with Crippen LogP contribution in [-0.4, -0.2) is 21.0 Å². The molecule has 0 saturated heterocycles. The Bertz CT molecular complexity index is 584. The summed E-state index contributed by atoms with van der Waals surface area (Å²) in [4.78, 5) is 19.8. The number of carbonyl (C=O) groups is 1. The minimum atomic E-state index is -0.345. The Balaban J connectivity index is 2.16. The van der Waals surface area contributed by atoms with Gasteiger partial charge in [-0.15, -0.1) is 0 Å². The van der Waals surface area contributed by atoms with E-state index in [1.807, 2.05) is 0 Å². The van der Waals surface area contributed by atoms with Crippen LogP contribution in [0.15, 0.2) is 35.2 Å². The summed E-state index contributed by atoms with van der Waals surface area (Å²) in [6.45, 7) is 1.76. The van der Waals surface area contributed by atoms with Gasteiger partial charge in [0.2, 0.25) is 0 Å². The van der Waals surface area contributed by atoms with E-state index >= 15 is 0 Å². The molecule has 0 radical (unpaired) electrons. The predicted molar refractivity (Wildman–Crippen MR) is 70.5 cm³/mol. The van der Waals surface area contributed by atoms with Crippen molar-refractivity contribution in [1.82, 2.24) is 9.97 Å². The molecule has 5 nitrogen and oxygen atoms in total. The largest absolute Gasteiger partial charge is 0.508 e. The first-order valence-corrected chi connectivity index (χ1v) is 5.94. The van der Waals surface area contributed by atoms with Crippen LogP contribution in [0.1, 0.15) is 15.9 Å². The van der Waals surface area contributed by atoms with Gasteiger partial charge >= 0.3 is 0 Å². The maximum absolute atomic E-state index is 11.9. The Labute approximate surface area is 112 Å². The van der Waals surface area contributed by atoms with Crippen molar-refractivity contribution in [3.05, 3.63) is 46.3 Å². The molecule has 1 aromatic heterocycles. The number of aryl methyl sites for hydroxylation is 1. The second-order valence-corrected chi connectivity index (χ2v) is 4.49. The molecule has 0 aliphatic rings. The number of amides is 1. The molecule has 1 aromatic carbocycles.